The molecule has 106 valence electrons. The van der Waals surface area contributed by atoms with Crippen LogP contribution >= 0.6 is 23.2 Å². The summed E-state index contributed by atoms with van der Waals surface area (Å²) in [6, 6.07) is 2.69. The van der Waals surface area contributed by atoms with Crippen molar-refractivity contribution in [2.24, 2.45) is 5.92 Å². The summed E-state index contributed by atoms with van der Waals surface area (Å²) in [5, 5.41) is 23.2. The SMILES string of the molecule is CC(CO)CCCNc1cc(Cl)c(Cl)cc1[N+](=O)[O-]. The summed E-state index contributed by atoms with van der Waals surface area (Å²) in [4.78, 5) is 10.4. The summed E-state index contributed by atoms with van der Waals surface area (Å²) in [7, 11) is 0. The van der Waals surface area contributed by atoms with E-state index in [9.17, 15) is 10.1 Å². The predicted molar refractivity (Wildman–Crippen MR) is 77.1 cm³/mol. The number of hydrogen-bond donors (Lipinski definition) is 2. The molecule has 1 aromatic carbocycles. The van der Waals surface area contributed by atoms with Crippen molar-refractivity contribution in [2.45, 2.75) is 19.8 Å². The summed E-state index contributed by atoms with van der Waals surface area (Å²) < 4.78 is 0. The van der Waals surface area contributed by atoms with Gasteiger partial charge in [-0.3, -0.25) is 10.1 Å². The van der Waals surface area contributed by atoms with Crippen LogP contribution in [0, 0.1) is 16.0 Å². The van der Waals surface area contributed by atoms with Gasteiger partial charge in [0.15, 0.2) is 0 Å². The van der Waals surface area contributed by atoms with Gasteiger partial charge < -0.3 is 10.4 Å². The van der Waals surface area contributed by atoms with Gasteiger partial charge >= 0.3 is 0 Å². The number of nitrogens with zero attached hydrogens (tertiary/aromatic N) is 1. The van der Waals surface area contributed by atoms with E-state index in [2.05, 4.69) is 5.32 Å². The highest BCUT2D eigenvalue weighted by Crippen LogP contribution is 2.33. The minimum atomic E-state index is -0.499. The molecule has 0 fully saturated rings. The lowest BCUT2D eigenvalue weighted by Crippen LogP contribution is -2.07. The van der Waals surface area contributed by atoms with Crippen LogP contribution in [0.1, 0.15) is 19.8 Å². The molecule has 1 unspecified atom stereocenters. The Labute approximate surface area is 121 Å². The maximum atomic E-state index is 10.9. The summed E-state index contributed by atoms with van der Waals surface area (Å²) in [5.41, 5.74) is 0.264. The van der Waals surface area contributed by atoms with Crippen LogP contribution in [0.25, 0.3) is 0 Å². The van der Waals surface area contributed by atoms with E-state index in [1.165, 1.54) is 12.1 Å². The van der Waals surface area contributed by atoms with Crippen LogP contribution in [-0.2, 0) is 0 Å². The monoisotopic (exact) mass is 306 g/mol. The molecular weight excluding hydrogens is 291 g/mol. The van der Waals surface area contributed by atoms with Crippen LogP contribution < -0.4 is 5.32 Å². The van der Waals surface area contributed by atoms with Gasteiger partial charge in [-0.2, -0.15) is 0 Å². The van der Waals surface area contributed by atoms with Crippen molar-refractivity contribution in [1.29, 1.82) is 0 Å². The molecule has 0 aliphatic heterocycles. The van der Waals surface area contributed by atoms with Crippen molar-refractivity contribution in [3.8, 4) is 0 Å². The molecule has 19 heavy (non-hydrogen) atoms. The number of benzene rings is 1. The second-order valence-corrected chi connectivity index (χ2v) is 5.21. The van der Waals surface area contributed by atoms with Gasteiger partial charge in [0.2, 0.25) is 0 Å². The smallest absolute Gasteiger partial charge is 0.293 e. The first-order chi connectivity index (χ1) is 8.95. The number of halogens is 2. The summed E-state index contributed by atoms with van der Waals surface area (Å²) in [6.45, 7) is 2.66. The van der Waals surface area contributed by atoms with Crippen molar-refractivity contribution in [2.75, 3.05) is 18.5 Å². The third-order valence-electron chi connectivity index (χ3n) is 2.74. The molecule has 0 aliphatic carbocycles. The van der Waals surface area contributed by atoms with Crippen molar-refractivity contribution in [1.82, 2.24) is 0 Å². The van der Waals surface area contributed by atoms with Crippen LogP contribution in [-0.4, -0.2) is 23.2 Å². The summed E-state index contributed by atoms with van der Waals surface area (Å²) in [6.07, 6.45) is 1.65. The normalized spacial score (nSPS) is 12.2. The molecule has 0 bridgehead atoms. The second-order valence-electron chi connectivity index (χ2n) is 4.40. The van der Waals surface area contributed by atoms with Crippen molar-refractivity contribution < 1.29 is 10.0 Å². The Balaban J connectivity index is 2.67. The van der Waals surface area contributed by atoms with Crippen LogP contribution in [0.4, 0.5) is 11.4 Å². The number of anilines is 1. The van der Waals surface area contributed by atoms with E-state index < -0.39 is 4.92 Å². The quantitative estimate of drug-likeness (QED) is 0.457. The molecule has 0 saturated heterocycles. The number of aliphatic hydroxyl groups excluding tert-OH is 1. The zero-order valence-electron chi connectivity index (χ0n) is 10.5. The number of aliphatic hydroxyl groups is 1. The third-order valence-corrected chi connectivity index (χ3v) is 3.46. The van der Waals surface area contributed by atoms with Crippen LogP contribution in [0.5, 0.6) is 0 Å². The molecule has 7 heteroatoms. The molecule has 1 rings (SSSR count). The molecule has 0 saturated carbocycles. The Hall–Kier alpha value is -1.04. The van der Waals surface area contributed by atoms with Gasteiger partial charge in [0, 0.05) is 19.2 Å². The molecule has 1 aromatic rings. The zero-order valence-corrected chi connectivity index (χ0v) is 12.0. The molecule has 0 aromatic heterocycles. The van der Waals surface area contributed by atoms with Crippen molar-refractivity contribution >= 4 is 34.6 Å². The largest absolute Gasteiger partial charge is 0.396 e. The van der Waals surface area contributed by atoms with Gasteiger partial charge in [0.1, 0.15) is 5.69 Å². The minimum Gasteiger partial charge on any atom is -0.396 e. The van der Waals surface area contributed by atoms with Gasteiger partial charge in [-0.15, -0.1) is 0 Å². The minimum absolute atomic E-state index is 0.0930. The molecule has 0 amide bonds. The fourth-order valence-electron chi connectivity index (χ4n) is 1.59. The van der Waals surface area contributed by atoms with Gasteiger partial charge in [0.25, 0.3) is 5.69 Å². The van der Waals surface area contributed by atoms with Gasteiger partial charge in [0.05, 0.1) is 15.0 Å². The van der Waals surface area contributed by atoms with E-state index in [4.69, 9.17) is 28.3 Å². The molecule has 0 aliphatic rings. The topological polar surface area (TPSA) is 75.4 Å². The molecular formula is C12H16Cl2N2O3. The Bertz CT molecular complexity index is 455. The highest BCUT2D eigenvalue weighted by molar-refractivity contribution is 6.42. The second kappa shape index (κ2) is 7.53. The number of rotatable bonds is 7. The molecule has 0 radical (unpaired) electrons. The molecule has 0 heterocycles. The highest BCUT2D eigenvalue weighted by Gasteiger charge is 2.16. The molecule has 1 atom stereocenters. The summed E-state index contributed by atoms with van der Waals surface area (Å²) >= 11 is 11.6. The first-order valence-electron chi connectivity index (χ1n) is 5.94. The number of nitro groups is 1. The Morgan fingerprint density at radius 3 is 2.63 bits per heavy atom. The highest BCUT2D eigenvalue weighted by atomic mass is 35.5. The van der Waals surface area contributed by atoms with Gasteiger partial charge in [-0.05, 0) is 24.8 Å². The predicted octanol–water partition coefficient (Wildman–Crippen LogP) is 3.72. The fraction of sp³-hybridized carbons (Fsp3) is 0.500. The average molecular weight is 307 g/mol. The lowest BCUT2D eigenvalue weighted by atomic mass is 10.1. The van der Waals surface area contributed by atoms with Crippen molar-refractivity contribution in [3.05, 3.63) is 32.3 Å². The lowest BCUT2D eigenvalue weighted by molar-refractivity contribution is -0.383. The van der Waals surface area contributed by atoms with E-state index in [1.807, 2.05) is 6.92 Å². The standard InChI is InChI=1S/C12H16Cl2N2O3/c1-8(7-17)3-2-4-15-11-5-9(13)10(14)6-12(11)16(18)19/h5-6,8,15,17H,2-4,7H2,1H3. The molecule has 5 nitrogen and oxygen atoms in total. The van der Waals surface area contributed by atoms with E-state index in [0.29, 0.717) is 12.2 Å². The van der Waals surface area contributed by atoms with Crippen LogP contribution in [0.2, 0.25) is 10.0 Å². The third kappa shape index (κ3) is 4.86. The van der Waals surface area contributed by atoms with E-state index in [-0.39, 0.29) is 28.3 Å². The number of nitro benzene ring substituents is 1. The van der Waals surface area contributed by atoms with Gasteiger partial charge in [-0.1, -0.05) is 30.1 Å². The molecule has 2 N–H and O–H groups in total. The average Bonchev–Trinajstić information content (AvgIpc) is 2.37. The Kier molecular flexibility index (Phi) is 6.34. The van der Waals surface area contributed by atoms with Gasteiger partial charge in [-0.25, -0.2) is 0 Å². The first-order valence-corrected chi connectivity index (χ1v) is 6.69. The fourth-order valence-corrected chi connectivity index (χ4v) is 1.92. The van der Waals surface area contributed by atoms with Crippen LogP contribution in [0.15, 0.2) is 12.1 Å². The maximum Gasteiger partial charge on any atom is 0.293 e. The van der Waals surface area contributed by atoms with Crippen LogP contribution in [0.3, 0.4) is 0 Å². The van der Waals surface area contributed by atoms with Crippen molar-refractivity contribution in [3.63, 3.8) is 0 Å². The Morgan fingerprint density at radius 1 is 1.42 bits per heavy atom. The molecule has 0 spiro atoms. The first kappa shape index (κ1) is 16.0. The Morgan fingerprint density at radius 2 is 2.05 bits per heavy atom. The van der Waals surface area contributed by atoms with E-state index in [0.717, 1.165) is 12.8 Å². The van der Waals surface area contributed by atoms with E-state index in [1.54, 1.807) is 0 Å². The lowest BCUT2D eigenvalue weighted by Gasteiger charge is -2.10. The van der Waals surface area contributed by atoms with E-state index >= 15 is 0 Å². The number of nitrogens with one attached hydrogen (secondary N) is 1. The zero-order chi connectivity index (χ0) is 14.4. The maximum absolute atomic E-state index is 10.9. The number of hydrogen-bond acceptors (Lipinski definition) is 4. The summed E-state index contributed by atoms with van der Waals surface area (Å²) in [5.74, 6) is 0.227.